The standard InChI is InChI=1S/C24H27NO5/c1-14-21(24(27)30-16-6-3-2-4-7-16)22(23-17(25-14)8-5-9-18(23)26)15-10-11-19-20(12-15)29-13-28-19/h10-12,16,21-22H,2-9,13H2,1H3/t21?,22-/m1/s1. The van der Waals surface area contributed by atoms with E-state index in [4.69, 9.17) is 19.2 Å². The van der Waals surface area contributed by atoms with Gasteiger partial charge in [0.25, 0.3) is 0 Å². The summed E-state index contributed by atoms with van der Waals surface area (Å²) in [5, 5.41) is 0. The van der Waals surface area contributed by atoms with Crippen LogP contribution in [0.5, 0.6) is 11.5 Å². The summed E-state index contributed by atoms with van der Waals surface area (Å²) in [6.07, 6.45) is 7.25. The van der Waals surface area contributed by atoms with Crippen LogP contribution < -0.4 is 9.47 Å². The highest BCUT2D eigenvalue weighted by Gasteiger charge is 2.44. The Bertz CT molecular complexity index is 941. The van der Waals surface area contributed by atoms with Crippen LogP contribution in [0.1, 0.15) is 69.8 Å². The van der Waals surface area contributed by atoms with Crippen LogP contribution in [0.4, 0.5) is 0 Å². The highest BCUT2D eigenvalue weighted by Crippen LogP contribution is 2.46. The lowest BCUT2D eigenvalue weighted by atomic mass is 9.71. The van der Waals surface area contributed by atoms with Gasteiger partial charge >= 0.3 is 5.97 Å². The Kier molecular flexibility index (Phi) is 5.09. The van der Waals surface area contributed by atoms with E-state index in [1.807, 2.05) is 25.1 Å². The van der Waals surface area contributed by atoms with Crippen molar-refractivity contribution in [3.63, 3.8) is 0 Å². The van der Waals surface area contributed by atoms with Crippen molar-refractivity contribution in [2.75, 3.05) is 6.79 Å². The second-order valence-corrected chi connectivity index (χ2v) is 8.66. The molecule has 2 atom stereocenters. The second-order valence-electron chi connectivity index (χ2n) is 8.66. The van der Waals surface area contributed by atoms with E-state index < -0.39 is 11.8 Å². The maximum atomic E-state index is 13.4. The number of esters is 1. The van der Waals surface area contributed by atoms with Crippen molar-refractivity contribution in [1.29, 1.82) is 0 Å². The van der Waals surface area contributed by atoms with Gasteiger partial charge < -0.3 is 14.2 Å². The molecule has 0 amide bonds. The van der Waals surface area contributed by atoms with Crippen molar-refractivity contribution in [2.45, 2.75) is 70.3 Å². The number of rotatable bonds is 3. The molecule has 6 heteroatoms. The minimum absolute atomic E-state index is 0.0334. The predicted molar refractivity (Wildman–Crippen MR) is 111 cm³/mol. The Morgan fingerprint density at radius 2 is 1.87 bits per heavy atom. The van der Waals surface area contributed by atoms with Crippen LogP contribution in [0.25, 0.3) is 0 Å². The zero-order valence-corrected chi connectivity index (χ0v) is 17.3. The third kappa shape index (κ3) is 3.42. The molecule has 0 saturated heterocycles. The number of aliphatic imine (C=N–C) groups is 1. The highest BCUT2D eigenvalue weighted by molar-refractivity contribution is 6.08. The van der Waals surface area contributed by atoms with Gasteiger partial charge in [0, 0.05) is 29.3 Å². The summed E-state index contributed by atoms with van der Waals surface area (Å²) in [6, 6.07) is 5.69. The fourth-order valence-electron chi connectivity index (χ4n) is 5.20. The zero-order valence-electron chi connectivity index (χ0n) is 17.3. The van der Waals surface area contributed by atoms with E-state index in [1.54, 1.807) is 0 Å². The molecule has 0 bridgehead atoms. The topological polar surface area (TPSA) is 74.2 Å². The van der Waals surface area contributed by atoms with Gasteiger partial charge in [0.05, 0.1) is 0 Å². The highest BCUT2D eigenvalue weighted by atomic mass is 16.7. The van der Waals surface area contributed by atoms with Gasteiger partial charge in [-0.05, 0) is 63.1 Å². The van der Waals surface area contributed by atoms with Crippen LogP contribution in [0.2, 0.25) is 0 Å². The van der Waals surface area contributed by atoms with E-state index in [0.29, 0.717) is 23.5 Å². The molecule has 2 heterocycles. The smallest absolute Gasteiger partial charge is 0.315 e. The van der Waals surface area contributed by atoms with E-state index >= 15 is 0 Å². The second kappa shape index (κ2) is 7.89. The largest absolute Gasteiger partial charge is 0.462 e. The normalized spacial score (nSPS) is 26.3. The van der Waals surface area contributed by atoms with Gasteiger partial charge in [0.1, 0.15) is 12.0 Å². The van der Waals surface area contributed by atoms with E-state index in [9.17, 15) is 9.59 Å². The molecule has 6 nitrogen and oxygen atoms in total. The first-order valence-electron chi connectivity index (χ1n) is 11.0. The van der Waals surface area contributed by atoms with Gasteiger partial charge in [-0.1, -0.05) is 12.5 Å². The molecule has 1 aromatic carbocycles. The lowest BCUT2D eigenvalue weighted by Gasteiger charge is -2.35. The van der Waals surface area contributed by atoms with Gasteiger partial charge in [-0.3, -0.25) is 14.6 Å². The molecule has 0 N–H and O–H groups in total. The monoisotopic (exact) mass is 409 g/mol. The van der Waals surface area contributed by atoms with Crippen LogP contribution in [-0.4, -0.2) is 30.4 Å². The number of carbonyl (C=O) groups excluding carboxylic acids is 2. The number of ketones is 1. The zero-order chi connectivity index (χ0) is 20.7. The molecule has 0 aromatic heterocycles. The van der Waals surface area contributed by atoms with Crippen LogP contribution in [0.15, 0.2) is 34.5 Å². The number of hydrogen-bond donors (Lipinski definition) is 0. The number of ether oxygens (including phenoxy) is 3. The number of Topliss-reactive ketones (excluding diaryl/α,β-unsaturated/α-hetero) is 1. The van der Waals surface area contributed by atoms with Crippen molar-refractivity contribution in [3.8, 4) is 11.5 Å². The van der Waals surface area contributed by atoms with E-state index in [0.717, 1.165) is 55.5 Å². The van der Waals surface area contributed by atoms with Crippen LogP contribution >= 0.6 is 0 Å². The van der Waals surface area contributed by atoms with Gasteiger partial charge in [-0.25, -0.2) is 0 Å². The van der Waals surface area contributed by atoms with Crippen molar-refractivity contribution in [2.24, 2.45) is 10.9 Å². The molecule has 2 aliphatic heterocycles. The molecule has 1 fully saturated rings. The average Bonchev–Trinajstić information content (AvgIpc) is 3.21. The summed E-state index contributed by atoms with van der Waals surface area (Å²) in [7, 11) is 0. The van der Waals surface area contributed by atoms with Crippen molar-refractivity contribution < 1.29 is 23.8 Å². The lowest BCUT2D eigenvalue weighted by Crippen LogP contribution is -2.38. The molecule has 158 valence electrons. The van der Waals surface area contributed by atoms with E-state index in [2.05, 4.69) is 0 Å². The van der Waals surface area contributed by atoms with Crippen molar-refractivity contribution in [1.82, 2.24) is 0 Å². The Balaban J connectivity index is 1.54. The summed E-state index contributed by atoms with van der Waals surface area (Å²) in [5.41, 5.74) is 3.11. The molecule has 1 unspecified atom stereocenters. The molecule has 0 radical (unpaired) electrons. The molecule has 5 rings (SSSR count). The van der Waals surface area contributed by atoms with Crippen molar-refractivity contribution >= 4 is 17.5 Å². The summed E-state index contributed by atoms with van der Waals surface area (Å²) in [5.74, 6) is 0.174. The third-order valence-electron chi connectivity index (χ3n) is 6.68. The number of carbonyl (C=O) groups is 2. The molecule has 1 saturated carbocycles. The fourth-order valence-corrected chi connectivity index (χ4v) is 5.20. The van der Waals surface area contributed by atoms with Gasteiger partial charge in [-0.15, -0.1) is 0 Å². The Morgan fingerprint density at radius 1 is 1.07 bits per heavy atom. The maximum absolute atomic E-state index is 13.4. The Labute approximate surface area is 176 Å². The summed E-state index contributed by atoms with van der Waals surface area (Å²) < 4.78 is 17.0. The Hall–Kier alpha value is -2.63. The van der Waals surface area contributed by atoms with E-state index in [1.165, 1.54) is 6.42 Å². The number of allylic oxidation sites excluding steroid dienone is 2. The molecular weight excluding hydrogens is 382 g/mol. The first-order chi connectivity index (χ1) is 14.6. The fraction of sp³-hybridized carbons (Fsp3) is 0.542. The van der Waals surface area contributed by atoms with Gasteiger partial charge in [0.2, 0.25) is 6.79 Å². The molecule has 30 heavy (non-hydrogen) atoms. The minimum atomic E-state index is -0.590. The number of benzene rings is 1. The summed E-state index contributed by atoms with van der Waals surface area (Å²) in [4.78, 5) is 31.1. The third-order valence-corrected chi connectivity index (χ3v) is 6.68. The van der Waals surface area contributed by atoms with E-state index in [-0.39, 0.29) is 24.6 Å². The molecule has 4 aliphatic rings. The number of hydrogen-bond acceptors (Lipinski definition) is 6. The first-order valence-corrected chi connectivity index (χ1v) is 11.0. The van der Waals surface area contributed by atoms with Gasteiger partial charge in [0.15, 0.2) is 17.3 Å². The van der Waals surface area contributed by atoms with Crippen LogP contribution in [0.3, 0.4) is 0 Å². The summed E-state index contributed by atoms with van der Waals surface area (Å²) >= 11 is 0. The number of nitrogens with zero attached hydrogens (tertiary/aromatic N) is 1. The quantitative estimate of drug-likeness (QED) is 0.689. The lowest BCUT2D eigenvalue weighted by molar-refractivity contribution is -0.153. The molecule has 2 aliphatic carbocycles. The van der Waals surface area contributed by atoms with Crippen LogP contribution in [-0.2, 0) is 14.3 Å². The maximum Gasteiger partial charge on any atom is 0.315 e. The van der Waals surface area contributed by atoms with Crippen LogP contribution in [0, 0.1) is 5.92 Å². The van der Waals surface area contributed by atoms with Crippen molar-refractivity contribution in [3.05, 3.63) is 35.0 Å². The minimum Gasteiger partial charge on any atom is -0.462 e. The average molecular weight is 409 g/mol. The summed E-state index contributed by atoms with van der Waals surface area (Å²) in [6.45, 7) is 2.07. The molecule has 0 spiro atoms. The molecular formula is C24H27NO5. The predicted octanol–water partition coefficient (Wildman–Crippen LogP) is 4.47. The Morgan fingerprint density at radius 3 is 2.70 bits per heavy atom. The first kappa shape index (κ1) is 19.3. The SMILES string of the molecule is CC1=NC2=C(C(=O)CCC2)[C@H](c2ccc3c(c2)OCO3)C1C(=O)OC1CCCCC1. The number of fused-ring (bicyclic) bond motifs is 1. The van der Waals surface area contributed by atoms with Gasteiger partial charge in [-0.2, -0.15) is 0 Å². The molecule has 1 aromatic rings.